The van der Waals surface area contributed by atoms with E-state index in [4.69, 9.17) is 18.9 Å². The number of rotatable bonds is 27. The fraction of sp³-hybridized carbons (Fsp3) is 0.738. The van der Waals surface area contributed by atoms with Crippen LogP contribution in [0.1, 0.15) is 162 Å². The van der Waals surface area contributed by atoms with Gasteiger partial charge in [-0.1, -0.05) is 122 Å². The number of hydrogen-bond donors (Lipinski definition) is 0. The summed E-state index contributed by atoms with van der Waals surface area (Å²) in [4.78, 5) is 35.5. The lowest BCUT2D eigenvalue weighted by Crippen LogP contribution is -2.30. The number of unbranched alkanes of at least 4 members (excludes halogenated alkanes) is 11. The van der Waals surface area contributed by atoms with Gasteiger partial charge in [-0.25, -0.2) is 4.79 Å². The Balaban J connectivity index is 0.000000962. The van der Waals surface area contributed by atoms with E-state index in [2.05, 4.69) is 26.0 Å². The largest absolute Gasteiger partial charge is 0.478 e. The van der Waals surface area contributed by atoms with E-state index in [9.17, 15) is 14.4 Å². The lowest BCUT2D eigenvalue weighted by Gasteiger charge is -2.19. The van der Waals surface area contributed by atoms with Crippen molar-refractivity contribution in [2.24, 2.45) is 11.8 Å². The van der Waals surface area contributed by atoms with Crippen LogP contribution in [-0.2, 0) is 28.6 Å². The Morgan fingerprint density at radius 3 is 1.63 bits per heavy atom. The normalized spacial score (nSPS) is 12.8. The molecule has 0 aliphatic rings. The fourth-order valence-electron chi connectivity index (χ4n) is 4.93. The van der Waals surface area contributed by atoms with Crippen molar-refractivity contribution in [3.63, 3.8) is 0 Å². The second kappa shape index (κ2) is 31.2. The zero-order chi connectivity index (χ0) is 36.7. The molecule has 49 heavy (non-hydrogen) atoms. The average molecular weight is 689 g/mol. The molecule has 0 heterocycles. The molecular formula is C42H72O7. The third-order valence-corrected chi connectivity index (χ3v) is 8.73. The van der Waals surface area contributed by atoms with Crippen LogP contribution in [0.2, 0.25) is 0 Å². The number of aryl methyl sites for hydroxylation is 2. The van der Waals surface area contributed by atoms with E-state index in [1.165, 1.54) is 64.2 Å². The summed E-state index contributed by atoms with van der Waals surface area (Å²) in [5.41, 5.74) is 2.15. The zero-order valence-corrected chi connectivity index (χ0v) is 32.6. The third kappa shape index (κ3) is 24.9. The molecule has 1 aromatic carbocycles. The first-order valence-corrected chi connectivity index (χ1v) is 19.5. The summed E-state index contributed by atoms with van der Waals surface area (Å²) in [6.07, 6.45) is 22.7. The first-order valence-electron chi connectivity index (χ1n) is 19.5. The predicted octanol–water partition coefficient (Wildman–Crippen LogP) is 11.2. The van der Waals surface area contributed by atoms with Gasteiger partial charge in [0.1, 0.15) is 5.75 Å². The average Bonchev–Trinajstić information content (AvgIpc) is 3.10. The van der Waals surface area contributed by atoms with Crippen molar-refractivity contribution in [3.8, 4) is 5.75 Å². The molecule has 0 fully saturated rings. The van der Waals surface area contributed by atoms with Crippen LogP contribution in [-0.4, -0.2) is 43.8 Å². The Bertz CT molecular complexity index is 1020. The molecule has 0 aromatic heterocycles. The molecule has 0 radical (unpaired) electrons. The van der Waals surface area contributed by atoms with Crippen LogP contribution in [0.5, 0.6) is 5.75 Å². The first kappa shape index (κ1) is 46.2. The Morgan fingerprint density at radius 2 is 1.14 bits per heavy atom. The number of benzene rings is 1. The molecule has 7 nitrogen and oxygen atoms in total. The summed E-state index contributed by atoms with van der Waals surface area (Å²) in [5, 5.41) is 0. The van der Waals surface area contributed by atoms with Crippen molar-refractivity contribution < 1.29 is 33.3 Å². The molecule has 0 aliphatic heterocycles. The summed E-state index contributed by atoms with van der Waals surface area (Å²) < 4.78 is 21.7. The van der Waals surface area contributed by atoms with E-state index in [1.807, 2.05) is 59.7 Å². The van der Waals surface area contributed by atoms with Crippen molar-refractivity contribution in [2.45, 2.75) is 171 Å². The number of allylic oxidation sites excluding steroid dienone is 2. The smallest absolute Gasteiger partial charge is 0.347 e. The van der Waals surface area contributed by atoms with E-state index in [1.54, 1.807) is 0 Å². The van der Waals surface area contributed by atoms with E-state index in [0.29, 0.717) is 25.2 Å². The van der Waals surface area contributed by atoms with E-state index in [0.717, 1.165) is 43.2 Å². The van der Waals surface area contributed by atoms with Crippen LogP contribution < -0.4 is 4.74 Å². The van der Waals surface area contributed by atoms with Gasteiger partial charge < -0.3 is 18.9 Å². The summed E-state index contributed by atoms with van der Waals surface area (Å²) >= 11 is 0. The van der Waals surface area contributed by atoms with Gasteiger partial charge in [0.15, 0.2) is 6.10 Å². The van der Waals surface area contributed by atoms with Gasteiger partial charge in [-0.3, -0.25) is 9.59 Å². The van der Waals surface area contributed by atoms with Gasteiger partial charge in [-0.15, -0.1) is 0 Å². The standard InChI is InChI=1S/C22H34O5.C20H38O2/c1-6-8-10-20(27-19-12-11-16(3)15-18(19)5)22(24)26-14-9-13-25-21(23)17(4)7-2;1-4-6-7-8-9-10-11-12-13-14-15-16-17-18-22-20(21)19(3)5-2/h11-12,15,17,20H,6-10,13-14H2,1-5H3;4,6,19H,5,7-18H2,1-3H3. The monoisotopic (exact) mass is 689 g/mol. The zero-order valence-electron chi connectivity index (χ0n) is 32.6. The van der Waals surface area contributed by atoms with Crippen molar-refractivity contribution in [1.29, 1.82) is 0 Å². The van der Waals surface area contributed by atoms with Crippen LogP contribution >= 0.6 is 0 Å². The second-order valence-corrected chi connectivity index (χ2v) is 13.4. The molecule has 3 unspecified atom stereocenters. The molecule has 7 heteroatoms. The predicted molar refractivity (Wildman–Crippen MR) is 202 cm³/mol. The Labute approximate surface area is 300 Å². The molecule has 1 rings (SSSR count). The van der Waals surface area contributed by atoms with Crippen LogP contribution in [0, 0.1) is 25.7 Å². The molecule has 0 saturated heterocycles. The maximum absolute atomic E-state index is 12.4. The topological polar surface area (TPSA) is 88.1 Å². The number of carbonyl (C=O) groups is 3. The van der Waals surface area contributed by atoms with E-state index >= 15 is 0 Å². The maximum Gasteiger partial charge on any atom is 0.347 e. The number of hydrogen-bond acceptors (Lipinski definition) is 7. The molecule has 1 aromatic rings. The molecule has 0 bridgehead atoms. The minimum absolute atomic E-state index is 0.0306. The van der Waals surface area contributed by atoms with Gasteiger partial charge in [-0.05, 0) is 77.3 Å². The van der Waals surface area contributed by atoms with Crippen molar-refractivity contribution in [2.75, 3.05) is 19.8 Å². The highest BCUT2D eigenvalue weighted by molar-refractivity contribution is 5.75. The Morgan fingerprint density at radius 1 is 0.653 bits per heavy atom. The summed E-state index contributed by atoms with van der Waals surface area (Å²) in [7, 11) is 0. The van der Waals surface area contributed by atoms with Gasteiger partial charge in [0.2, 0.25) is 0 Å². The molecule has 0 saturated carbocycles. The molecule has 0 amide bonds. The summed E-state index contributed by atoms with van der Waals surface area (Å²) in [5.74, 6) is 0.0627. The molecule has 3 atom stereocenters. The SMILES string of the molecule is CC=CCCCCCCCCCCCCOC(=O)C(C)CC.CCCCC(Oc1ccc(C)cc1C)C(=O)OCCCOC(=O)C(C)CC. The van der Waals surface area contributed by atoms with Crippen LogP contribution in [0.25, 0.3) is 0 Å². The summed E-state index contributed by atoms with van der Waals surface area (Å²) in [6.45, 7) is 17.0. The maximum atomic E-state index is 12.4. The Hall–Kier alpha value is -2.83. The van der Waals surface area contributed by atoms with Gasteiger partial charge in [-0.2, -0.15) is 0 Å². The fourth-order valence-corrected chi connectivity index (χ4v) is 4.93. The van der Waals surface area contributed by atoms with E-state index < -0.39 is 6.10 Å². The molecule has 0 spiro atoms. The van der Waals surface area contributed by atoms with Gasteiger partial charge >= 0.3 is 17.9 Å². The number of carbonyl (C=O) groups excluding carboxylic acids is 3. The molecule has 282 valence electrons. The first-order chi connectivity index (χ1) is 23.6. The highest BCUT2D eigenvalue weighted by Gasteiger charge is 2.22. The molecular weight excluding hydrogens is 616 g/mol. The second-order valence-electron chi connectivity index (χ2n) is 13.4. The van der Waals surface area contributed by atoms with Crippen molar-refractivity contribution in [1.82, 2.24) is 0 Å². The lowest BCUT2D eigenvalue weighted by atomic mass is 10.1. The minimum atomic E-state index is -0.617. The molecule has 0 aliphatic carbocycles. The van der Waals surface area contributed by atoms with Gasteiger partial charge in [0.05, 0.1) is 31.7 Å². The van der Waals surface area contributed by atoms with Crippen molar-refractivity contribution in [3.05, 3.63) is 41.5 Å². The third-order valence-electron chi connectivity index (χ3n) is 8.73. The lowest BCUT2D eigenvalue weighted by molar-refractivity contribution is -0.154. The minimum Gasteiger partial charge on any atom is -0.478 e. The number of esters is 3. The Kier molecular flexibility index (Phi) is 29.4. The van der Waals surface area contributed by atoms with Gasteiger partial charge in [0, 0.05) is 6.42 Å². The number of ether oxygens (including phenoxy) is 4. The van der Waals surface area contributed by atoms with Gasteiger partial charge in [0.25, 0.3) is 0 Å². The quantitative estimate of drug-likeness (QED) is 0.0393. The van der Waals surface area contributed by atoms with Crippen LogP contribution in [0.4, 0.5) is 0 Å². The van der Waals surface area contributed by atoms with Crippen LogP contribution in [0.15, 0.2) is 30.4 Å². The van der Waals surface area contributed by atoms with Crippen LogP contribution in [0.3, 0.4) is 0 Å². The summed E-state index contributed by atoms with van der Waals surface area (Å²) in [6, 6.07) is 5.89. The van der Waals surface area contributed by atoms with Crippen molar-refractivity contribution >= 4 is 17.9 Å². The molecule has 0 N–H and O–H groups in total. The van der Waals surface area contributed by atoms with E-state index in [-0.39, 0.29) is 43.0 Å². The highest BCUT2D eigenvalue weighted by atomic mass is 16.6. The highest BCUT2D eigenvalue weighted by Crippen LogP contribution is 2.22.